The molecule has 0 spiro atoms. The molecule has 0 N–H and O–H groups in total. The zero-order valence-electron chi connectivity index (χ0n) is 9.22. The van der Waals surface area contributed by atoms with Gasteiger partial charge in [0.2, 0.25) is 0 Å². The fourth-order valence-corrected chi connectivity index (χ4v) is 1.97. The van der Waals surface area contributed by atoms with Crippen molar-refractivity contribution in [1.82, 2.24) is 9.55 Å². The Morgan fingerprint density at radius 3 is 2.53 bits per heavy atom. The number of aromatic nitrogens is 2. The second-order valence-electron chi connectivity index (χ2n) is 3.77. The summed E-state index contributed by atoms with van der Waals surface area (Å²) in [6, 6.07) is 10.6. The third-order valence-electron chi connectivity index (χ3n) is 2.78. The molecule has 0 aliphatic carbocycles. The smallest absolute Gasteiger partial charge is 0.115 e. The van der Waals surface area contributed by atoms with Crippen molar-refractivity contribution in [3.8, 4) is 0 Å². The van der Waals surface area contributed by atoms with Crippen LogP contribution < -0.4 is 0 Å². The van der Waals surface area contributed by atoms with Gasteiger partial charge in [0, 0.05) is 25.4 Å². The van der Waals surface area contributed by atoms with Crippen LogP contribution in [0, 0.1) is 0 Å². The van der Waals surface area contributed by atoms with E-state index in [1.807, 2.05) is 19.4 Å². The van der Waals surface area contributed by atoms with Crippen LogP contribution in [0.15, 0.2) is 42.7 Å². The molecule has 1 aromatic carbocycles. The first-order valence-corrected chi connectivity index (χ1v) is 5.35. The largest absolute Gasteiger partial charge is 0.337 e. The zero-order chi connectivity index (χ0) is 10.7. The topological polar surface area (TPSA) is 17.8 Å². The van der Waals surface area contributed by atoms with Crippen LogP contribution in [0.1, 0.15) is 30.7 Å². The van der Waals surface area contributed by atoms with E-state index < -0.39 is 0 Å². The lowest BCUT2D eigenvalue weighted by Crippen LogP contribution is -2.06. The summed E-state index contributed by atoms with van der Waals surface area (Å²) in [5.74, 6) is 1.55. The molecular weight excluding hydrogens is 184 g/mol. The monoisotopic (exact) mass is 200 g/mol. The number of aryl methyl sites for hydroxylation is 1. The van der Waals surface area contributed by atoms with Crippen LogP contribution in [-0.4, -0.2) is 9.55 Å². The van der Waals surface area contributed by atoms with Crippen LogP contribution in [0.5, 0.6) is 0 Å². The highest BCUT2D eigenvalue weighted by Gasteiger charge is 2.15. The summed E-state index contributed by atoms with van der Waals surface area (Å²) >= 11 is 0. The minimum atomic E-state index is 0.409. The minimum Gasteiger partial charge on any atom is -0.337 e. The van der Waals surface area contributed by atoms with Crippen molar-refractivity contribution in [2.24, 2.45) is 7.05 Å². The van der Waals surface area contributed by atoms with Crippen LogP contribution in [-0.2, 0) is 7.05 Å². The Balaban J connectivity index is 2.37. The summed E-state index contributed by atoms with van der Waals surface area (Å²) in [6.45, 7) is 2.20. The second kappa shape index (κ2) is 4.30. The number of imidazole rings is 1. The van der Waals surface area contributed by atoms with Crippen molar-refractivity contribution in [3.05, 3.63) is 54.1 Å². The molecule has 78 valence electrons. The molecule has 0 aliphatic heterocycles. The fraction of sp³-hybridized carbons (Fsp3) is 0.308. The molecule has 0 saturated carbocycles. The Labute approximate surface area is 90.6 Å². The third kappa shape index (κ3) is 1.94. The molecule has 1 unspecified atom stereocenters. The Hall–Kier alpha value is -1.57. The summed E-state index contributed by atoms with van der Waals surface area (Å²) in [5.41, 5.74) is 1.34. The molecule has 0 saturated heterocycles. The highest BCUT2D eigenvalue weighted by molar-refractivity contribution is 5.25. The average molecular weight is 200 g/mol. The van der Waals surface area contributed by atoms with Gasteiger partial charge in [-0.05, 0) is 12.0 Å². The van der Waals surface area contributed by atoms with Crippen LogP contribution in [0.2, 0.25) is 0 Å². The van der Waals surface area contributed by atoms with Gasteiger partial charge in [-0.1, -0.05) is 37.3 Å². The van der Waals surface area contributed by atoms with E-state index >= 15 is 0 Å². The molecule has 0 amide bonds. The molecule has 0 aliphatic rings. The Morgan fingerprint density at radius 2 is 2.00 bits per heavy atom. The number of benzene rings is 1. The molecule has 2 rings (SSSR count). The zero-order valence-corrected chi connectivity index (χ0v) is 9.22. The van der Waals surface area contributed by atoms with Gasteiger partial charge >= 0.3 is 0 Å². The molecule has 1 aromatic heterocycles. The highest BCUT2D eigenvalue weighted by atomic mass is 15.0. The van der Waals surface area contributed by atoms with E-state index in [-0.39, 0.29) is 0 Å². The molecule has 1 heterocycles. The van der Waals surface area contributed by atoms with Crippen LogP contribution in [0.4, 0.5) is 0 Å². The van der Waals surface area contributed by atoms with Gasteiger partial charge in [0.25, 0.3) is 0 Å². The van der Waals surface area contributed by atoms with E-state index in [2.05, 4.69) is 46.8 Å². The maximum absolute atomic E-state index is 4.43. The van der Waals surface area contributed by atoms with Gasteiger partial charge in [-0.2, -0.15) is 0 Å². The summed E-state index contributed by atoms with van der Waals surface area (Å²) in [6.07, 6.45) is 4.94. The maximum atomic E-state index is 4.43. The molecule has 0 radical (unpaired) electrons. The normalized spacial score (nSPS) is 12.7. The molecule has 2 nitrogen and oxygen atoms in total. The van der Waals surface area contributed by atoms with E-state index in [9.17, 15) is 0 Å². The standard InChI is InChI=1S/C13H16N2/c1-3-12(11-7-5-4-6-8-11)13-14-9-10-15(13)2/h4-10,12H,3H2,1-2H3. The van der Waals surface area contributed by atoms with Crippen LogP contribution in [0.3, 0.4) is 0 Å². The van der Waals surface area contributed by atoms with Crippen LogP contribution in [0.25, 0.3) is 0 Å². The summed E-state index contributed by atoms with van der Waals surface area (Å²) in [7, 11) is 2.05. The summed E-state index contributed by atoms with van der Waals surface area (Å²) in [4.78, 5) is 4.43. The molecule has 2 aromatic rings. The van der Waals surface area contributed by atoms with Gasteiger partial charge in [-0.3, -0.25) is 0 Å². The third-order valence-corrected chi connectivity index (χ3v) is 2.78. The minimum absolute atomic E-state index is 0.409. The summed E-state index contributed by atoms with van der Waals surface area (Å²) in [5, 5.41) is 0. The van der Waals surface area contributed by atoms with Gasteiger partial charge in [0.15, 0.2) is 0 Å². The van der Waals surface area contributed by atoms with Crippen molar-refractivity contribution in [1.29, 1.82) is 0 Å². The fourth-order valence-electron chi connectivity index (χ4n) is 1.97. The highest BCUT2D eigenvalue weighted by Crippen LogP contribution is 2.25. The number of hydrogen-bond acceptors (Lipinski definition) is 1. The van der Waals surface area contributed by atoms with E-state index in [1.54, 1.807) is 0 Å². The van der Waals surface area contributed by atoms with Crippen molar-refractivity contribution in [2.75, 3.05) is 0 Å². The van der Waals surface area contributed by atoms with Gasteiger partial charge < -0.3 is 4.57 Å². The first-order valence-electron chi connectivity index (χ1n) is 5.35. The Bertz CT molecular complexity index is 417. The molecule has 15 heavy (non-hydrogen) atoms. The first kappa shape index (κ1) is 9.97. The maximum Gasteiger partial charge on any atom is 0.115 e. The lowest BCUT2D eigenvalue weighted by Gasteiger charge is -2.14. The summed E-state index contributed by atoms with van der Waals surface area (Å²) < 4.78 is 2.10. The SMILES string of the molecule is CCC(c1ccccc1)c1nccn1C. The van der Waals surface area contributed by atoms with Gasteiger partial charge in [-0.15, -0.1) is 0 Å². The van der Waals surface area contributed by atoms with Gasteiger partial charge in [0.05, 0.1) is 0 Å². The molecule has 1 atom stereocenters. The van der Waals surface area contributed by atoms with E-state index in [1.165, 1.54) is 5.56 Å². The number of nitrogens with zero attached hydrogens (tertiary/aromatic N) is 2. The quantitative estimate of drug-likeness (QED) is 0.744. The Kier molecular flexibility index (Phi) is 2.86. The first-order chi connectivity index (χ1) is 7.33. The lowest BCUT2D eigenvalue weighted by atomic mass is 9.96. The van der Waals surface area contributed by atoms with Crippen molar-refractivity contribution < 1.29 is 0 Å². The van der Waals surface area contributed by atoms with Gasteiger partial charge in [0.1, 0.15) is 5.82 Å². The van der Waals surface area contributed by atoms with Crippen molar-refractivity contribution in [3.63, 3.8) is 0 Å². The number of rotatable bonds is 3. The predicted octanol–water partition coefficient (Wildman–Crippen LogP) is 2.96. The molecule has 2 heteroatoms. The van der Waals surface area contributed by atoms with Crippen molar-refractivity contribution >= 4 is 0 Å². The van der Waals surface area contributed by atoms with E-state index in [0.29, 0.717) is 5.92 Å². The molecule has 0 bridgehead atoms. The van der Waals surface area contributed by atoms with Crippen LogP contribution >= 0.6 is 0 Å². The van der Waals surface area contributed by atoms with E-state index in [4.69, 9.17) is 0 Å². The second-order valence-corrected chi connectivity index (χ2v) is 3.77. The van der Waals surface area contributed by atoms with Crippen molar-refractivity contribution in [2.45, 2.75) is 19.3 Å². The Morgan fingerprint density at radius 1 is 1.27 bits per heavy atom. The van der Waals surface area contributed by atoms with E-state index in [0.717, 1.165) is 12.2 Å². The van der Waals surface area contributed by atoms with Gasteiger partial charge in [-0.25, -0.2) is 4.98 Å². The molecule has 0 fully saturated rings. The number of hydrogen-bond donors (Lipinski definition) is 0. The average Bonchev–Trinajstić information content (AvgIpc) is 2.68. The molecular formula is C13H16N2. The lowest BCUT2D eigenvalue weighted by molar-refractivity contribution is 0.673. The predicted molar refractivity (Wildman–Crippen MR) is 61.8 cm³/mol.